The molecule has 1 aromatic heterocycles. The number of aromatic nitrogens is 1. The lowest BCUT2D eigenvalue weighted by Gasteiger charge is -2.25. The molecule has 5 heteroatoms. The molecule has 0 aliphatic heterocycles. The maximum absolute atomic E-state index is 12.1. The number of rotatable bonds is 5. The first kappa shape index (κ1) is 14.1. The van der Waals surface area contributed by atoms with Crippen molar-refractivity contribution in [3.05, 3.63) is 16.1 Å². The number of carbonyl (C=O) groups excluding carboxylic acids is 1. The summed E-state index contributed by atoms with van der Waals surface area (Å²) >= 11 is 1.44. The molecule has 1 rings (SSSR count). The number of thiazole rings is 1. The van der Waals surface area contributed by atoms with Crippen molar-refractivity contribution in [1.29, 1.82) is 0 Å². The SMILES string of the molecule is CC(C)CC(C)N(C)C(=O)c1csc(CN)n1. The van der Waals surface area contributed by atoms with Crippen LogP contribution in [0.25, 0.3) is 0 Å². The van der Waals surface area contributed by atoms with Crippen molar-refractivity contribution in [2.75, 3.05) is 7.05 Å². The predicted molar refractivity (Wildman–Crippen MR) is 71.0 cm³/mol. The molecule has 4 nitrogen and oxygen atoms in total. The van der Waals surface area contributed by atoms with Crippen LogP contribution in [-0.4, -0.2) is 28.9 Å². The molecule has 0 aliphatic carbocycles. The molecule has 0 spiro atoms. The lowest BCUT2D eigenvalue weighted by molar-refractivity contribution is 0.0723. The maximum atomic E-state index is 12.1. The molecule has 0 bridgehead atoms. The second-order valence-corrected chi connectivity index (χ2v) is 5.67. The van der Waals surface area contributed by atoms with Crippen molar-refractivity contribution < 1.29 is 4.79 Å². The second-order valence-electron chi connectivity index (χ2n) is 4.73. The molecule has 1 unspecified atom stereocenters. The van der Waals surface area contributed by atoms with Crippen LogP contribution < -0.4 is 5.73 Å². The summed E-state index contributed by atoms with van der Waals surface area (Å²) in [6, 6.07) is 0.227. The van der Waals surface area contributed by atoms with Gasteiger partial charge in [0.15, 0.2) is 0 Å². The molecule has 1 aromatic rings. The Balaban J connectivity index is 2.68. The van der Waals surface area contributed by atoms with Gasteiger partial charge in [0.25, 0.3) is 5.91 Å². The molecule has 2 N–H and O–H groups in total. The molecule has 17 heavy (non-hydrogen) atoms. The minimum atomic E-state index is -0.0194. The van der Waals surface area contributed by atoms with Crippen LogP contribution in [0.3, 0.4) is 0 Å². The van der Waals surface area contributed by atoms with Gasteiger partial charge in [0, 0.05) is 25.0 Å². The van der Waals surface area contributed by atoms with E-state index in [-0.39, 0.29) is 11.9 Å². The van der Waals surface area contributed by atoms with Crippen molar-refractivity contribution in [2.24, 2.45) is 11.7 Å². The Morgan fingerprint density at radius 3 is 2.65 bits per heavy atom. The zero-order chi connectivity index (χ0) is 13.0. The van der Waals surface area contributed by atoms with Gasteiger partial charge in [-0.15, -0.1) is 11.3 Å². The fourth-order valence-electron chi connectivity index (χ4n) is 1.72. The molecular weight excluding hydrogens is 234 g/mol. The first-order chi connectivity index (χ1) is 7.95. The lowest BCUT2D eigenvalue weighted by atomic mass is 10.0. The van der Waals surface area contributed by atoms with Crippen molar-refractivity contribution in [2.45, 2.75) is 39.8 Å². The van der Waals surface area contributed by atoms with Crippen LogP contribution in [0.1, 0.15) is 42.7 Å². The molecule has 0 fully saturated rings. The molecular formula is C12H21N3OS. The predicted octanol–water partition coefficient (Wildman–Crippen LogP) is 2.11. The zero-order valence-corrected chi connectivity index (χ0v) is 11.8. The Bertz CT molecular complexity index is 376. The normalized spacial score (nSPS) is 12.8. The molecule has 0 saturated heterocycles. The van der Waals surface area contributed by atoms with Gasteiger partial charge in [0.05, 0.1) is 0 Å². The van der Waals surface area contributed by atoms with Gasteiger partial charge >= 0.3 is 0 Å². The number of hydrogen-bond acceptors (Lipinski definition) is 4. The van der Waals surface area contributed by atoms with Crippen molar-refractivity contribution in [3.8, 4) is 0 Å². The van der Waals surface area contributed by atoms with E-state index in [9.17, 15) is 4.79 Å². The highest BCUT2D eigenvalue weighted by Gasteiger charge is 2.20. The topological polar surface area (TPSA) is 59.2 Å². The van der Waals surface area contributed by atoms with Crippen LogP contribution in [0, 0.1) is 5.92 Å². The Hall–Kier alpha value is -0.940. The van der Waals surface area contributed by atoms with Gasteiger partial charge in [-0.25, -0.2) is 4.98 Å². The van der Waals surface area contributed by atoms with E-state index in [1.807, 2.05) is 7.05 Å². The van der Waals surface area contributed by atoms with E-state index >= 15 is 0 Å². The van der Waals surface area contributed by atoms with Crippen LogP contribution in [0.15, 0.2) is 5.38 Å². The standard InChI is InChI=1S/C12H21N3OS/c1-8(2)5-9(3)15(4)12(16)10-7-17-11(6-13)14-10/h7-9H,5-6,13H2,1-4H3. The van der Waals surface area contributed by atoms with Crippen LogP contribution in [-0.2, 0) is 6.54 Å². The fourth-order valence-corrected chi connectivity index (χ4v) is 2.37. The molecule has 96 valence electrons. The smallest absolute Gasteiger partial charge is 0.273 e. The number of nitrogens with two attached hydrogens (primary N) is 1. The van der Waals surface area contributed by atoms with E-state index < -0.39 is 0 Å². The van der Waals surface area contributed by atoms with E-state index in [2.05, 4.69) is 25.8 Å². The number of amides is 1. The van der Waals surface area contributed by atoms with E-state index in [1.165, 1.54) is 11.3 Å². The summed E-state index contributed by atoms with van der Waals surface area (Å²) in [4.78, 5) is 18.1. The highest BCUT2D eigenvalue weighted by molar-refractivity contribution is 7.09. The molecule has 0 saturated carbocycles. The Kier molecular flexibility index (Phi) is 5.08. The van der Waals surface area contributed by atoms with Gasteiger partial charge in [-0.05, 0) is 19.3 Å². The monoisotopic (exact) mass is 255 g/mol. The highest BCUT2D eigenvalue weighted by Crippen LogP contribution is 2.15. The minimum Gasteiger partial charge on any atom is -0.338 e. The largest absolute Gasteiger partial charge is 0.338 e. The third-order valence-corrected chi connectivity index (χ3v) is 3.61. The van der Waals surface area contributed by atoms with Crippen LogP contribution in [0.4, 0.5) is 0 Å². The fraction of sp³-hybridized carbons (Fsp3) is 0.667. The van der Waals surface area contributed by atoms with E-state index in [0.717, 1.165) is 11.4 Å². The van der Waals surface area contributed by atoms with Crippen molar-refractivity contribution >= 4 is 17.2 Å². The van der Waals surface area contributed by atoms with E-state index in [0.29, 0.717) is 18.2 Å². The molecule has 1 amide bonds. The average molecular weight is 255 g/mol. The summed E-state index contributed by atoms with van der Waals surface area (Å²) in [6.45, 7) is 6.77. The van der Waals surface area contributed by atoms with E-state index in [1.54, 1.807) is 10.3 Å². The van der Waals surface area contributed by atoms with Gasteiger partial charge in [-0.1, -0.05) is 13.8 Å². The van der Waals surface area contributed by atoms with Crippen molar-refractivity contribution in [1.82, 2.24) is 9.88 Å². The van der Waals surface area contributed by atoms with Gasteiger partial charge in [0.1, 0.15) is 10.7 Å². The van der Waals surface area contributed by atoms with Crippen molar-refractivity contribution in [3.63, 3.8) is 0 Å². The van der Waals surface area contributed by atoms with Crippen LogP contribution >= 0.6 is 11.3 Å². The Morgan fingerprint density at radius 2 is 2.18 bits per heavy atom. The molecule has 1 heterocycles. The quantitative estimate of drug-likeness (QED) is 0.876. The molecule has 0 aromatic carbocycles. The number of hydrogen-bond donors (Lipinski definition) is 1. The maximum Gasteiger partial charge on any atom is 0.273 e. The summed E-state index contributed by atoms with van der Waals surface area (Å²) in [6.07, 6.45) is 0.996. The summed E-state index contributed by atoms with van der Waals surface area (Å²) in [5.74, 6) is 0.560. The van der Waals surface area contributed by atoms with E-state index in [4.69, 9.17) is 5.73 Å². The lowest BCUT2D eigenvalue weighted by Crippen LogP contribution is -2.36. The Morgan fingerprint density at radius 1 is 1.53 bits per heavy atom. The average Bonchev–Trinajstić information content (AvgIpc) is 2.74. The van der Waals surface area contributed by atoms with Gasteiger partial charge in [-0.2, -0.15) is 0 Å². The van der Waals surface area contributed by atoms with Gasteiger partial charge in [-0.3, -0.25) is 4.79 Å². The summed E-state index contributed by atoms with van der Waals surface area (Å²) in [5, 5.41) is 2.58. The summed E-state index contributed by atoms with van der Waals surface area (Å²) in [7, 11) is 1.83. The first-order valence-electron chi connectivity index (χ1n) is 5.87. The first-order valence-corrected chi connectivity index (χ1v) is 6.75. The molecule has 0 radical (unpaired) electrons. The van der Waals surface area contributed by atoms with Gasteiger partial charge < -0.3 is 10.6 Å². The van der Waals surface area contributed by atoms with Crippen LogP contribution in [0.2, 0.25) is 0 Å². The third kappa shape index (κ3) is 3.78. The Labute approximate surface area is 107 Å². The molecule has 1 atom stereocenters. The zero-order valence-electron chi connectivity index (χ0n) is 10.9. The number of nitrogens with zero attached hydrogens (tertiary/aromatic N) is 2. The highest BCUT2D eigenvalue weighted by atomic mass is 32.1. The minimum absolute atomic E-state index is 0.0194. The molecule has 0 aliphatic rings. The summed E-state index contributed by atoms with van der Waals surface area (Å²) in [5.41, 5.74) is 6.00. The van der Waals surface area contributed by atoms with Gasteiger partial charge in [0.2, 0.25) is 0 Å². The third-order valence-electron chi connectivity index (χ3n) is 2.74. The summed E-state index contributed by atoms with van der Waals surface area (Å²) < 4.78 is 0. The number of carbonyl (C=O) groups is 1. The second kappa shape index (κ2) is 6.12. The van der Waals surface area contributed by atoms with Crippen LogP contribution in [0.5, 0.6) is 0 Å².